The van der Waals surface area contributed by atoms with Crippen LogP contribution in [0.25, 0.3) is 10.2 Å². The maximum absolute atomic E-state index is 6.11. The SMILES string of the molecule is Cn1cnc(CNc2nc3cccc(Cl)c3s2)n1. The second-order valence-electron chi connectivity index (χ2n) is 3.80. The van der Waals surface area contributed by atoms with E-state index in [4.69, 9.17) is 11.6 Å². The predicted octanol–water partition coefficient (Wildman–Crippen LogP) is 2.69. The monoisotopic (exact) mass is 279 g/mol. The van der Waals surface area contributed by atoms with Gasteiger partial charge in [0.05, 0.1) is 21.8 Å². The summed E-state index contributed by atoms with van der Waals surface area (Å²) in [5.41, 5.74) is 0.906. The fourth-order valence-corrected chi connectivity index (χ4v) is 2.76. The van der Waals surface area contributed by atoms with Crippen molar-refractivity contribution < 1.29 is 0 Å². The van der Waals surface area contributed by atoms with Gasteiger partial charge < -0.3 is 5.32 Å². The number of thiazole rings is 1. The molecule has 0 aliphatic heterocycles. The Kier molecular flexibility index (Phi) is 2.89. The number of aromatic nitrogens is 4. The average Bonchev–Trinajstić information content (AvgIpc) is 2.93. The number of hydrogen-bond donors (Lipinski definition) is 1. The highest BCUT2D eigenvalue weighted by Crippen LogP contribution is 2.31. The molecule has 0 saturated carbocycles. The lowest BCUT2D eigenvalue weighted by molar-refractivity contribution is 0.747. The summed E-state index contributed by atoms with van der Waals surface area (Å²) in [6, 6.07) is 5.71. The second kappa shape index (κ2) is 4.55. The lowest BCUT2D eigenvalue weighted by Crippen LogP contribution is -2.01. The Morgan fingerprint density at radius 3 is 3.06 bits per heavy atom. The fraction of sp³-hybridized carbons (Fsp3) is 0.182. The summed E-state index contributed by atoms with van der Waals surface area (Å²) in [5.74, 6) is 0.739. The molecule has 7 heteroatoms. The molecule has 0 amide bonds. The van der Waals surface area contributed by atoms with Gasteiger partial charge in [-0.15, -0.1) is 0 Å². The molecule has 2 heterocycles. The summed E-state index contributed by atoms with van der Waals surface area (Å²) in [4.78, 5) is 8.60. The van der Waals surface area contributed by atoms with E-state index in [1.807, 2.05) is 25.2 Å². The number of fused-ring (bicyclic) bond motifs is 1. The van der Waals surface area contributed by atoms with Gasteiger partial charge in [-0.2, -0.15) is 5.10 Å². The second-order valence-corrected chi connectivity index (χ2v) is 5.20. The summed E-state index contributed by atoms with van der Waals surface area (Å²) in [6.07, 6.45) is 1.67. The van der Waals surface area contributed by atoms with E-state index in [0.717, 1.165) is 26.2 Å². The number of hydrogen-bond acceptors (Lipinski definition) is 5. The van der Waals surface area contributed by atoms with E-state index in [-0.39, 0.29) is 0 Å². The van der Waals surface area contributed by atoms with Crippen LogP contribution in [-0.2, 0) is 13.6 Å². The molecule has 5 nitrogen and oxygen atoms in total. The number of benzene rings is 1. The number of nitrogens with one attached hydrogen (secondary N) is 1. The smallest absolute Gasteiger partial charge is 0.184 e. The van der Waals surface area contributed by atoms with Gasteiger partial charge in [0.25, 0.3) is 0 Å². The van der Waals surface area contributed by atoms with Gasteiger partial charge in [-0.05, 0) is 12.1 Å². The van der Waals surface area contributed by atoms with Crippen molar-refractivity contribution >= 4 is 38.3 Å². The summed E-state index contributed by atoms with van der Waals surface area (Å²) in [5, 5.41) is 8.95. The Labute approximate surface area is 112 Å². The van der Waals surface area contributed by atoms with Crippen LogP contribution in [-0.4, -0.2) is 19.7 Å². The van der Waals surface area contributed by atoms with E-state index in [2.05, 4.69) is 20.4 Å². The van der Waals surface area contributed by atoms with E-state index in [1.165, 1.54) is 11.3 Å². The molecule has 2 aromatic heterocycles. The molecular formula is C11H10ClN5S. The number of anilines is 1. The summed E-state index contributed by atoms with van der Waals surface area (Å²) >= 11 is 7.64. The molecule has 18 heavy (non-hydrogen) atoms. The van der Waals surface area contributed by atoms with Crippen LogP contribution in [0.2, 0.25) is 5.02 Å². The van der Waals surface area contributed by atoms with Crippen molar-refractivity contribution in [1.29, 1.82) is 0 Å². The zero-order valence-electron chi connectivity index (χ0n) is 9.59. The van der Waals surface area contributed by atoms with Crippen molar-refractivity contribution in [2.24, 2.45) is 7.05 Å². The van der Waals surface area contributed by atoms with Crippen LogP contribution in [0.3, 0.4) is 0 Å². The highest BCUT2D eigenvalue weighted by molar-refractivity contribution is 7.22. The molecule has 0 aliphatic rings. The minimum atomic E-state index is 0.554. The molecule has 0 unspecified atom stereocenters. The zero-order chi connectivity index (χ0) is 12.5. The summed E-state index contributed by atoms with van der Waals surface area (Å²) in [6.45, 7) is 0.554. The molecule has 3 aromatic rings. The van der Waals surface area contributed by atoms with Gasteiger partial charge in [0, 0.05) is 7.05 Å². The van der Waals surface area contributed by atoms with Gasteiger partial charge in [-0.25, -0.2) is 9.97 Å². The topological polar surface area (TPSA) is 55.6 Å². The van der Waals surface area contributed by atoms with Gasteiger partial charge in [-0.3, -0.25) is 4.68 Å². The first kappa shape index (κ1) is 11.4. The number of rotatable bonds is 3. The molecule has 0 aliphatic carbocycles. The Hall–Kier alpha value is -1.66. The quantitative estimate of drug-likeness (QED) is 0.801. The Morgan fingerprint density at radius 1 is 1.44 bits per heavy atom. The fourth-order valence-electron chi connectivity index (χ4n) is 1.61. The highest BCUT2D eigenvalue weighted by Gasteiger charge is 2.07. The van der Waals surface area contributed by atoms with Crippen LogP contribution >= 0.6 is 22.9 Å². The molecule has 0 atom stereocenters. The highest BCUT2D eigenvalue weighted by atomic mass is 35.5. The molecule has 92 valence electrons. The van der Waals surface area contributed by atoms with Crippen molar-refractivity contribution in [3.8, 4) is 0 Å². The number of nitrogens with zero attached hydrogens (tertiary/aromatic N) is 4. The molecule has 3 rings (SSSR count). The molecule has 1 N–H and O–H groups in total. The molecule has 0 saturated heterocycles. The third kappa shape index (κ3) is 2.16. The minimum Gasteiger partial charge on any atom is -0.354 e. The zero-order valence-corrected chi connectivity index (χ0v) is 11.2. The van der Waals surface area contributed by atoms with Crippen LogP contribution in [0.4, 0.5) is 5.13 Å². The first-order valence-electron chi connectivity index (χ1n) is 5.36. The maximum Gasteiger partial charge on any atom is 0.184 e. The summed E-state index contributed by atoms with van der Waals surface area (Å²) < 4.78 is 2.67. The third-order valence-electron chi connectivity index (χ3n) is 2.41. The number of halogens is 1. The van der Waals surface area contributed by atoms with Crippen molar-refractivity contribution in [1.82, 2.24) is 19.7 Å². The predicted molar refractivity (Wildman–Crippen MR) is 73.0 cm³/mol. The van der Waals surface area contributed by atoms with E-state index in [9.17, 15) is 0 Å². The van der Waals surface area contributed by atoms with Gasteiger partial charge in [0.1, 0.15) is 6.33 Å². The molecule has 1 aromatic carbocycles. The van der Waals surface area contributed by atoms with Crippen LogP contribution in [0.1, 0.15) is 5.82 Å². The average molecular weight is 280 g/mol. The largest absolute Gasteiger partial charge is 0.354 e. The van der Waals surface area contributed by atoms with E-state index in [0.29, 0.717) is 6.54 Å². The van der Waals surface area contributed by atoms with Gasteiger partial charge in [-0.1, -0.05) is 29.0 Å². The Morgan fingerprint density at radius 2 is 2.33 bits per heavy atom. The van der Waals surface area contributed by atoms with E-state index >= 15 is 0 Å². The minimum absolute atomic E-state index is 0.554. The van der Waals surface area contributed by atoms with Crippen molar-refractivity contribution in [2.45, 2.75) is 6.54 Å². The van der Waals surface area contributed by atoms with Crippen molar-refractivity contribution in [3.05, 3.63) is 35.4 Å². The van der Waals surface area contributed by atoms with Gasteiger partial charge in [0.15, 0.2) is 11.0 Å². The molecule has 0 fully saturated rings. The Bertz CT molecular complexity index is 690. The lowest BCUT2D eigenvalue weighted by atomic mass is 10.3. The Balaban J connectivity index is 1.81. The first-order valence-corrected chi connectivity index (χ1v) is 6.55. The normalized spacial score (nSPS) is 11.0. The number of aryl methyl sites for hydroxylation is 1. The standard InChI is InChI=1S/C11H10ClN5S/c1-17-6-14-9(16-17)5-13-11-15-8-4-2-3-7(12)10(8)18-11/h2-4,6H,5H2,1H3,(H,13,15). The van der Waals surface area contributed by atoms with Crippen molar-refractivity contribution in [2.75, 3.05) is 5.32 Å². The van der Waals surface area contributed by atoms with Crippen LogP contribution in [0.5, 0.6) is 0 Å². The van der Waals surface area contributed by atoms with Crippen molar-refractivity contribution in [3.63, 3.8) is 0 Å². The first-order chi connectivity index (χ1) is 8.72. The maximum atomic E-state index is 6.11. The van der Waals surface area contributed by atoms with Crippen LogP contribution in [0.15, 0.2) is 24.5 Å². The van der Waals surface area contributed by atoms with Gasteiger partial charge >= 0.3 is 0 Å². The summed E-state index contributed by atoms with van der Waals surface area (Å²) in [7, 11) is 1.84. The van der Waals surface area contributed by atoms with Crippen LogP contribution < -0.4 is 5.32 Å². The molecular weight excluding hydrogens is 270 g/mol. The van der Waals surface area contributed by atoms with E-state index in [1.54, 1.807) is 11.0 Å². The molecule has 0 spiro atoms. The van der Waals surface area contributed by atoms with Crippen LogP contribution in [0, 0.1) is 0 Å². The molecule has 0 bridgehead atoms. The molecule has 0 radical (unpaired) electrons. The third-order valence-corrected chi connectivity index (χ3v) is 3.90. The lowest BCUT2D eigenvalue weighted by Gasteiger charge is -1.96. The van der Waals surface area contributed by atoms with Gasteiger partial charge in [0.2, 0.25) is 0 Å². The van der Waals surface area contributed by atoms with E-state index < -0.39 is 0 Å².